The van der Waals surface area contributed by atoms with E-state index < -0.39 is 0 Å². The average molecular weight is 291 g/mol. The van der Waals surface area contributed by atoms with E-state index in [4.69, 9.17) is 0 Å². The summed E-state index contributed by atoms with van der Waals surface area (Å²) < 4.78 is 0. The highest BCUT2D eigenvalue weighted by molar-refractivity contribution is 5.92. The summed E-state index contributed by atoms with van der Waals surface area (Å²) in [6.07, 6.45) is 10.3. The molecule has 0 N–H and O–H groups in total. The van der Waals surface area contributed by atoms with E-state index in [1.807, 2.05) is 18.7 Å². The molecule has 21 heavy (non-hydrogen) atoms. The third-order valence-corrected chi connectivity index (χ3v) is 6.03. The van der Waals surface area contributed by atoms with Gasteiger partial charge in [0.15, 0.2) is 5.78 Å². The van der Waals surface area contributed by atoms with Crippen molar-refractivity contribution in [3.63, 3.8) is 0 Å². The second-order valence-electron chi connectivity index (χ2n) is 7.85. The van der Waals surface area contributed by atoms with Crippen LogP contribution in [0.5, 0.6) is 0 Å². The predicted octanol–water partition coefficient (Wildman–Crippen LogP) is 3.56. The van der Waals surface area contributed by atoms with Gasteiger partial charge in [-0.15, -0.1) is 0 Å². The van der Waals surface area contributed by atoms with Gasteiger partial charge in [0.25, 0.3) is 0 Å². The number of carbonyl (C=O) groups is 2. The first kappa shape index (κ1) is 15.1. The first-order valence-corrected chi connectivity index (χ1v) is 8.87. The van der Waals surface area contributed by atoms with Crippen LogP contribution in [-0.2, 0) is 9.59 Å². The van der Waals surface area contributed by atoms with Gasteiger partial charge in [-0.3, -0.25) is 9.59 Å². The maximum atomic E-state index is 12.6. The molecule has 0 bridgehead atoms. The molecule has 0 unspecified atom stereocenters. The molecule has 1 atom stereocenters. The largest absolute Gasteiger partial charge is 0.332 e. The summed E-state index contributed by atoms with van der Waals surface area (Å²) in [4.78, 5) is 27.2. The topological polar surface area (TPSA) is 37.4 Å². The van der Waals surface area contributed by atoms with Gasteiger partial charge in [0.1, 0.15) is 0 Å². The van der Waals surface area contributed by atoms with Gasteiger partial charge < -0.3 is 4.90 Å². The highest BCUT2D eigenvalue weighted by Gasteiger charge is 2.59. The molecule has 0 aromatic carbocycles. The van der Waals surface area contributed by atoms with E-state index in [0.717, 1.165) is 38.1 Å². The SMILES string of the molecule is CC(C)C(=O)[C@H]1N(C(=O)CCC2CCCC2)CCC12CC2. The lowest BCUT2D eigenvalue weighted by atomic mass is 9.88. The summed E-state index contributed by atoms with van der Waals surface area (Å²) in [5.74, 6) is 1.32. The molecule has 118 valence electrons. The highest BCUT2D eigenvalue weighted by atomic mass is 16.2. The van der Waals surface area contributed by atoms with E-state index in [1.54, 1.807) is 0 Å². The number of rotatable bonds is 5. The van der Waals surface area contributed by atoms with E-state index in [9.17, 15) is 9.59 Å². The first-order chi connectivity index (χ1) is 10.0. The summed E-state index contributed by atoms with van der Waals surface area (Å²) in [7, 11) is 0. The standard InChI is InChI=1S/C18H29NO2/c1-13(2)16(21)17-18(9-10-18)11-12-19(17)15(20)8-7-14-5-3-4-6-14/h13-14,17H,3-12H2,1-2H3/t17-/m1/s1. The van der Waals surface area contributed by atoms with Gasteiger partial charge in [0, 0.05) is 18.9 Å². The number of amides is 1. The maximum Gasteiger partial charge on any atom is 0.223 e. The number of ketones is 1. The summed E-state index contributed by atoms with van der Waals surface area (Å²) in [5.41, 5.74) is 0.171. The van der Waals surface area contributed by atoms with Crippen LogP contribution >= 0.6 is 0 Å². The Balaban J connectivity index is 1.62. The third kappa shape index (κ3) is 2.89. The van der Waals surface area contributed by atoms with Crippen molar-refractivity contribution in [2.75, 3.05) is 6.54 Å². The molecule has 3 nitrogen and oxygen atoms in total. The van der Waals surface area contributed by atoms with Crippen LogP contribution < -0.4 is 0 Å². The first-order valence-electron chi connectivity index (χ1n) is 8.87. The second-order valence-corrected chi connectivity index (χ2v) is 7.85. The molecule has 3 heteroatoms. The smallest absolute Gasteiger partial charge is 0.223 e. The predicted molar refractivity (Wildman–Crippen MR) is 82.8 cm³/mol. The van der Waals surface area contributed by atoms with Crippen molar-refractivity contribution in [1.82, 2.24) is 4.90 Å². The Kier molecular flexibility index (Phi) is 4.11. The van der Waals surface area contributed by atoms with Crippen LogP contribution in [0.2, 0.25) is 0 Å². The summed E-state index contributed by atoms with van der Waals surface area (Å²) in [6.45, 7) is 4.75. The van der Waals surface area contributed by atoms with Crippen LogP contribution in [-0.4, -0.2) is 29.2 Å². The molecule has 1 heterocycles. The molecule has 2 saturated carbocycles. The fraction of sp³-hybridized carbons (Fsp3) is 0.889. The fourth-order valence-corrected chi connectivity index (χ4v) is 4.43. The van der Waals surface area contributed by atoms with Crippen LogP contribution in [0.25, 0.3) is 0 Å². The summed E-state index contributed by atoms with van der Waals surface area (Å²) >= 11 is 0. The molecular formula is C18H29NO2. The minimum absolute atomic E-state index is 0.0377. The lowest BCUT2D eigenvalue weighted by molar-refractivity contribution is -0.140. The number of hydrogen-bond donors (Lipinski definition) is 0. The average Bonchev–Trinajstić information content (AvgIpc) is 2.88. The van der Waals surface area contributed by atoms with Crippen molar-refractivity contribution in [3.8, 4) is 0 Å². The number of hydrogen-bond acceptors (Lipinski definition) is 2. The van der Waals surface area contributed by atoms with Crippen LogP contribution in [0.15, 0.2) is 0 Å². The quantitative estimate of drug-likeness (QED) is 0.776. The molecule has 3 fully saturated rings. The lowest BCUT2D eigenvalue weighted by Crippen LogP contribution is -2.45. The van der Waals surface area contributed by atoms with Gasteiger partial charge in [0.2, 0.25) is 5.91 Å². The molecule has 0 aromatic heterocycles. The fourth-order valence-electron chi connectivity index (χ4n) is 4.43. The maximum absolute atomic E-state index is 12.6. The molecular weight excluding hydrogens is 262 g/mol. The molecule has 3 aliphatic rings. The molecule has 1 spiro atoms. The molecule has 1 saturated heterocycles. The molecule has 0 radical (unpaired) electrons. The summed E-state index contributed by atoms with van der Waals surface area (Å²) in [5, 5.41) is 0. The Hall–Kier alpha value is -0.860. The zero-order valence-corrected chi connectivity index (χ0v) is 13.6. The van der Waals surface area contributed by atoms with Crippen LogP contribution in [0.1, 0.15) is 71.6 Å². The van der Waals surface area contributed by atoms with E-state index in [0.29, 0.717) is 12.2 Å². The van der Waals surface area contributed by atoms with Gasteiger partial charge in [-0.25, -0.2) is 0 Å². The monoisotopic (exact) mass is 291 g/mol. The van der Waals surface area contributed by atoms with E-state index in [1.165, 1.54) is 25.7 Å². The number of nitrogens with zero attached hydrogens (tertiary/aromatic N) is 1. The van der Waals surface area contributed by atoms with Gasteiger partial charge >= 0.3 is 0 Å². The minimum Gasteiger partial charge on any atom is -0.332 e. The highest BCUT2D eigenvalue weighted by Crippen LogP contribution is 2.57. The third-order valence-electron chi connectivity index (χ3n) is 6.03. The number of carbonyl (C=O) groups excluding carboxylic acids is 2. The van der Waals surface area contributed by atoms with Crippen molar-refractivity contribution < 1.29 is 9.59 Å². The zero-order chi connectivity index (χ0) is 15.0. The summed E-state index contributed by atoms with van der Waals surface area (Å²) in [6, 6.07) is -0.103. The Morgan fingerprint density at radius 3 is 2.38 bits per heavy atom. The molecule has 1 aliphatic heterocycles. The van der Waals surface area contributed by atoms with E-state index in [-0.39, 0.29) is 23.3 Å². The van der Waals surface area contributed by atoms with Crippen molar-refractivity contribution in [2.24, 2.45) is 17.3 Å². The van der Waals surface area contributed by atoms with Crippen molar-refractivity contribution >= 4 is 11.7 Å². The lowest BCUT2D eigenvalue weighted by Gasteiger charge is -2.29. The Morgan fingerprint density at radius 1 is 1.14 bits per heavy atom. The van der Waals surface area contributed by atoms with Crippen LogP contribution in [0.4, 0.5) is 0 Å². The van der Waals surface area contributed by atoms with Gasteiger partial charge in [0.05, 0.1) is 6.04 Å². The number of Topliss-reactive ketones (excluding diaryl/α,β-unsaturated/α-hetero) is 1. The Bertz CT molecular complexity index is 419. The van der Waals surface area contributed by atoms with Crippen LogP contribution in [0, 0.1) is 17.3 Å². The van der Waals surface area contributed by atoms with Gasteiger partial charge in [-0.1, -0.05) is 39.5 Å². The molecule has 0 aromatic rings. The van der Waals surface area contributed by atoms with E-state index in [2.05, 4.69) is 0 Å². The van der Waals surface area contributed by atoms with Gasteiger partial charge in [-0.05, 0) is 37.0 Å². The number of likely N-dealkylation sites (tertiary alicyclic amines) is 1. The Morgan fingerprint density at radius 2 is 1.81 bits per heavy atom. The Labute approximate surface area is 128 Å². The van der Waals surface area contributed by atoms with Crippen molar-refractivity contribution in [3.05, 3.63) is 0 Å². The van der Waals surface area contributed by atoms with Crippen molar-refractivity contribution in [1.29, 1.82) is 0 Å². The van der Waals surface area contributed by atoms with Crippen molar-refractivity contribution in [2.45, 2.75) is 77.7 Å². The molecule has 1 amide bonds. The second kappa shape index (κ2) is 5.73. The molecule has 3 rings (SSSR count). The normalized spacial score (nSPS) is 27.8. The minimum atomic E-state index is -0.103. The van der Waals surface area contributed by atoms with Crippen LogP contribution in [0.3, 0.4) is 0 Å². The zero-order valence-electron chi connectivity index (χ0n) is 13.6. The van der Waals surface area contributed by atoms with Gasteiger partial charge in [-0.2, -0.15) is 0 Å². The molecule has 2 aliphatic carbocycles. The van der Waals surface area contributed by atoms with E-state index >= 15 is 0 Å².